The monoisotopic (exact) mass is 345 g/mol. The van der Waals surface area contributed by atoms with Crippen LogP contribution in [-0.2, 0) is 14.8 Å². The quantitative estimate of drug-likeness (QED) is 0.743. The van der Waals surface area contributed by atoms with Crippen molar-refractivity contribution < 1.29 is 13.2 Å². The Morgan fingerprint density at radius 3 is 2.53 bits per heavy atom. The molecule has 1 amide bonds. The molecule has 19 heavy (non-hydrogen) atoms. The summed E-state index contributed by atoms with van der Waals surface area (Å²) in [6.07, 6.45) is -0.0164. The van der Waals surface area contributed by atoms with Gasteiger partial charge in [0.15, 0.2) is 0 Å². The summed E-state index contributed by atoms with van der Waals surface area (Å²) < 4.78 is 26.8. The molecule has 8 heteroatoms. The van der Waals surface area contributed by atoms with Crippen LogP contribution in [0.25, 0.3) is 0 Å². The maximum atomic E-state index is 11.8. The lowest BCUT2D eigenvalue weighted by Crippen LogP contribution is -2.30. The van der Waals surface area contributed by atoms with E-state index in [0.717, 1.165) is 4.47 Å². The third kappa shape index (κ3) is 5.38. The fourth-order valence-corrected chi connectivity index (χ4v) is 2.52. The molecule has 2 N–H and O–H groups in total. The van der Waals surface area contributed by atoms with Crippen LogP contribution in [0, 0.1) is 11.3 Å². The first-order valence-corrected chi connectivity index (χ1v) is 7.62. The van der Waals surface area contributed by atoms with Crippen LogP contribution in [-0.4, -0.2) is 27.4 Å². The second-order valence-corrected chi connectivity index (χ2v) is 6.22. The smallest absolute Gasteiger partial charge is 0.240 e. The Morgan fingerprint density at radius 2 is 1.95 bits per heavy atom. The molecule has 0 aliphatic heterocycles. The standard InChI is InChI=1S/C11H12BrN3O3S/c12-9-1-3-10(4-2-9)19(17,18)15-7-5-11(16)14-8-6-13/h1-4,15H,5,7-8H2,(H,14,16). The fourth-order valence-electron chi connectivity index (χ4n) is 1.22. The Morgan fingerprint density at radius 1 is 1.32 bits per heavy atom. The zero-order chi connectivity index (χ0) is 14.3. The first-order valence-electron chi connectivity index (χ1n) is 5.34. The molecule has 0 bridgehead atoms. The van der Waals surface area contributed by atoms with Crippen LogP contribution in [0.5, 0.6) is 0 Å². The van der Waals surface area contributed by atoms with Crippen LogP contribution in [0.15, 0.2) is 33.6 Å². The summed E-state index contributed by atoms with van der Waals surface area (Å²) in [4.78, 5) is 11.3. The number of carbonyl (C=O) groups is 1. The van der Waals surface area contributed by atoms with Gasteiger partial charge in [-0.3, -0.25) is 4.79 Å². The average Bonchev–Trinajstić information content (AvgIpc) is 2.36. The minimum Gasteiger partial charge on any atom is -0.343 e. The van der Waals surface area contributed by atoms with E-state index in [1.807, 2.05) is 0 Å². The number of amides is 1. The van der Waals surface area contributed by atoms with Crippen molar-refractivity contribution in [2.45, 2.75) is 11.3 Å². The SMILES string of the molecule is N#CCNC(=O)CCNS(=O)(=O)c1ccc(Br)cc1. The molecular weight excluding hydrogens is 334 g/mol. The first kappa shape index (κ1) is 15.6. The van der Waals surface area contributed by atoms with Gasteiger partial charge < -0.3 is 5.32 Å². The Balaban J connectivity index is 2.50. The van der Waals surface area contributed by atoms with Crippen LogP contribution in [0.1, 0.15) is 6.42 Å². The molecule has 0 saturated carbocycles. The van der Waals surface area contributed by atoms with Gasteiger partial charge in [0.1, 0.15) is 6.54 Å². The highest BCUT2D eigenvalue weighted by Gasteiger charge is 2.13. The van der Waals surface area contributed by atoms with Crippen LogP contribution in [0.4, 0.5) is 0 Å². The molecule has 1 aromatic rings. The molecule has 0 saturated heterocycles. The van der Waals surface area contributed by atoms with Crippen molar-refractivity contribution in [1.29, 1.82) is 5.26 Å². The Labute approximate surface area is 120 Å². The van der Waals surface area contributed by atoms with E-state index in [9.17, 15) is 13.2 Å². The van der Waals surface area contributed by atoms with Gasteiger partial charge in [-0.15, -0.1) is 0 Å². The zero-order valence-electron chi connectivity index (χ0n) is 9.89. The molecule has 6 nitrogen and oxygen atoms in total. The van der Waals surface area contributed by atoms with Gasteiger partial charge in [0, 0.05) is 17.4 Å². The highest BCUT2D eigenvalue weighted by molar-refractivity contribution is 9.10. The van der Waals surface area contributed by atoms with Gasteiger partial charge >= 0.3 is 0 Å². The van der Waals surface area contributed by atoms with Crippen molar-refractivity contribution in [1.82, 2.24) is 10.0 Å². The second-order valence-electron chi connectivity index (χ2n) is 3.54. The van der Waals surface area contributed by atoms with E-state index >= 15 is 0 Å². The highest BCUT2D eigenvalue weighted by Crippen LogP contribution is 2.14. The molecule has 1 rings (SSSR count). The number of nitrogens with one attached hydrogen (secondary N) is 2. The van der Waals surface area contributed by atoms with E-state index < -0.39 is 10.0 Å². The number of hydrogen-bond acceptors (Lipinski definition) is 4. The van der Waals surface area contributed by atoms with Crippen LogP contribution >= 0.6 is 15.9 Å². The molecule has 0 atom stereocenters. The molecule has 0 unspecified atom stereocenters. The van der Waals surface area contributed by atoms with Gasteiger partial charge in [-0.25, -0.2) is 13.1 Å². The van der Waals surface area contributed by atoms with Crippen molar-refractivity contribution in [2.75, 3.05) is 13.1 Å². The van der Waals surface area contributed by atoms with E-state index in [1.165, 1.54) is 12.1 Å². The van der Waals surface area contributed by atoms with Crippen molar-refractivity contribution in [3.8, 4) is 6.07 Å². The van der Waals surface area contributed by atoms with Crippen molar-refractivity contribution in [2.24, 2.45) is 0 Å². The van der Waals surface area contributed by atoms with Crippen LogP contribution < -0.4 is 10.0 Å². The summed E-state index contributed by atoms with van der Waals surface area (Å²) in [5.41, 5.74) is 0. The number of hydrogen-bond donors (Lipinski definition) is 2. The highest BCUT2D eigenvalue weighted by atomic mass is 79.9. The molecule has 0 aliphatic rings. The van der Waals surface area contributed by atoms with E-state index in [1.54, 1.807) is 18.2 Å². The summed E-state index contributed by atoms with van der Waals surface area (Å²) in [6, 6.07) is 7.92. The number of carbonyl (C=O) groups excluding carboxylic acids is 1. The molecule has 0 spiro atoms. The normalized spacial score (nSPS) is 10.7. The van der Waals surface area contributed by atoms with E-state index in [2.05, 4.69) is 26.0 Å². The molecule has 0 aliphatic carbocycles. The number of nitriles is 1. The number of nitrogens with zero attached hydrogens (tertiary/aromatic N) is 1. The van der Waals surface area contributed by atoms with Gasteiger partial charge in [0.05, 0.1) is 11.0 Å². The van der Waals surface area contributed by atoms with Crippen molar-refractivity contribution >= 4 is 31.9 Å². The van der Waals surface area contributed by atoms with Gasteiger partial charge in [0.25, 0.3) is 0 Å². The summed E-state index contributed by atoms with van der Waals surface area (Å²) in [5.74, 6) is -0.375. The summed E-state index contributed by atoms with van der Waals surface area (Å²) >= 11 is 3.21. The molecular formula is C11H12BrN3O3S. The third-order valence-corrected chi connectivity index (χ3v) is 4.14. The average molecular weight is 346 g/mol. The molecule has 0 aromatic heterocycles. The van der Waals surface area contributed by atoms with E-state index in [-0.39, 0.29) is 30.3 Å². The zero-order valence-corrected chi connectivity index (χ0v) is 12.3. The predicted octanol–water partition coefficient (Wildman–Crippen LogP) is 0.757. The Kier molecular flexibility index (Phi) is 5.95. The molecule has 0 radical (unpaired) electrons. The molecule has 102 valence electrons. The number of benzene rings is 1. The third-order valence-electron chi connectivity index (χ3n) is 2.13. The second kappa shape index (κ2) is 7.23. The maximum absolute atomic E-state index is 11.8. The lowest BCUT2D eigenvalue weighted by Gasteiger charge is -2.06. The van der Waals surface area contributed by atoms with Crippen LogP contribution in [0.3, 0.4) is 0 Å². The Hall–Kier alpha value is -1.43. The lowest BCUT2D eigenvalue weighted by atomic mass is 10.4. The van der Waals surface area contributed by atoms with Gasteiger partial charge in [0.2, 0.25) is 15.9 Å². The Bertz CT molecular complexity index is 578. The topological polar surface area (TPSA) is 99.1 Å². The summed E-state index contributed by atoms with van der Waals surface area (Å²) in [7, 11) is -3.61. The summed E-state index contributed by atoms with van der Waals surface area (Å²) in [6.45, 7) is -0.103. The lowest BCUT2D eigenvalue weighted by molar-refractivity contribution is -0.120. The minimum atomic E-state index is -3.61. The number of sulfonamides is 1. The van der Waals surface area contributed by atoms with Gasteiger partial charge in [-0.1, -0.05) is 15.9 Å². The van der Waals surface area contributed by atoms with Gasteiger partial charge in [-0.2, -0.15) is 5.26 Å². The first-order chi connectivity index (χ1) is 8.95. The van der Waals surface area contributed by atoms with Crippen molar-refractivity contribution in [3.05, 3.63) is 28.7 Å². The number of halogens is 1. The molecule has 1 aromatic carbocycles. The van der Waals surface area contributed by atoms with Gasteiger partial charge in [-0.05, 0) is 24.3 Å². The maximum Gasteiger partial charge on any atom is 0.240 e. The predicted molar refractivity (Wildman–Crippen MR) is 72.6 cm³/mol. The molecule has 0 fully saturated rings. The van der Waals surface area contributed by atoms with E-state index in [4.69, 9.17) is 5.26 Å². The minimum absolute atomic E-state index is 0.0164. The van der Waals surface area contributed by atoms with Crippen LogP contribution in [0.2, 0.25) is 0 Å². The fraction of sp³-hybridized carbons (Fsp3) is 0.273. The largest absolute Gasteiger partial charge is 0.343 e. The van der Waals surface area contributed by atoms with Crippen molar-refractivity contribution in [3.63, 3.8) is 0 Å². The number of rotatable bonds is 6. The summed E-state index contributed by atoms with van der Waals surface area (Å²) in [5, 5.41) is 10.6. The van der Waals surface area contributed by atoms with E-state index in [0.29, 0.717) is 0 Å². The molecule has 0 heterocycles.